The number of rotatable bonds is 5. The van der Waals surface area contributed by atoms with Gasteiger partial charge in [0.1, 0.15) is 17.3 Å². The molecule has 0 saturated heterocycles. The Hall–Kier alpha value is -2.96. The van der Waals surface area contributed by atoms with Crippen LogP contribution in [0.25, 0.3) is 11.0 Å². The van der Waals surface area contributed by atoms with Gasteiger partial charge in [-0.3, -0.25) is 10.1 Å². The Kier molecular flexibility index (Phi) is 4.16. The van der Waals surface area contributed by atoms with E-state index in [1.54, 1.807) is 0 Å². The molecular formula is C17H17FN4O2. The number of nitrogens with one attached hydrogen (secondary N) is 2. The second-order valence-corrected chi connectivity index (χ2v) is 5.92. The molecule has 0 unspecified atom stereocenters. The summed E-state index contributed by atoms with van der Waals surface area (Å²) < 4.78 is 13.3. The lowest BCUT2D eigenvalue weighted by Crippen LogP contribution is -2.19. The lowest BCUT2D eigenvalue weighted by atomic mass is 10.0. The van der Waals surface area contributed by atoms with E-state index >= 15 is 0 Å². The summed E-state index contributed by atoms with van der Waals surface area (Å²) in [7, 11) is 0. The van der Waals surface area contributed by atoms with E-state index < -0.39 is 10.7 Å². The molecule has 2 aromatic carbocycles. The van der Waals surface area contributed by atoms with E-state index in [9.17, 15) is 14.5 Å². The van der Waals surface area contributed by atoms with Crippen molar-refractivity contribution < 1.29 is 9.31 Å². The van der Waals surface area contributed by atoms with Gasteiger partial charge >= 0.3 is 0 Å². The molecular weight excluding hydrogens is 311 g/mol. The summed E-state index contributed by atoms with van der Waals surface area (Å²) in [5.41, 5.74) is 1.69. The number of halogens is 1. The predicted octanol–water partition coefficient (Wildman–Crippen LogP) is 4.42. The van der Waals surface area contributed by atoms with Crippen molar-refractivity contribution in [3.8, 4) is 0 Å². The molecule has 124 valence electrons. The standard InChI is InChI=1S/C17H17FN4O2/c1-10(2)16(17-20-12-5-3-4-6-13(12)21-17)19-14-8-7-11(18)9-15(14)22(23)24/h3-10,16,19H,1-2H3,(H,20,21)/t16-/m0/s1. The Morgan fingerprint density at radius 1 is 1.25 bits per heavy atom. The number of H-pyrrole nitrogens is 1. The smallest absolute Gasteiger partial charge is 0.295 e. The fourth-order valence-electron chi connectivity index (χ4n) is 2.62. The quantitative estimate of drug-likeness (QED) is 0.536. The molecule has 0 aliphatic heterocycles. The Labute approximate surface area is 137 Å². The summed E-state index contributed by atoms with van der Waals surface area (Å²) >= 11 is 0. The van der Waals surface area contributed by atoms with Crippen LogP contribution < -0.4 is 5.32 Å². The first-order valence-electron chi connectivity index (χ1n) is 7.61. The number of nitro benzene ring substituents is 1. The van der Waals surface area contributed by atoms with Crippen molar-refractivity contribution in [3.05, 3.63) is 64.2 Å². The van der Waals surface area contributed by atoms with E-state index in [1.807, 2.05) is 38.1 Å². The highest BCUT2D eigenvalue weighted by atomic mass is 19.1. The lowest BCUT2D eigenvalue weighted by molar-refractivity contribution is -0.384. The van der Waals surface area contributed by atoms with Crippen molar-refractivity contribution >= 4 is 22.4 Å². The molecule has 1 heterocycles. The number of hydrogen-bond donors (Lipinski definition) is 2. The highest BCUT2D eigenvalue weighted by molar-refractivity contribution is 5.75. The van der Waals surface area contributed by atoms with Gasteiger partial charge in [-0.25, -0.2) is 9.37 Å². The van der Waals surface area contributed by atoms with Gasteiger partial charge in [0, 0.05) is 0 Å². The fourth-order valence-corrected chi connectivity index (χ4v) is 2.62. The molecule has 24 heavy (non-hydrogen) atoms. The molecule has 0 spiro atoms. The van der Waals surface area contributed by atoms with Gasteiger partial charge < -0.3 is 10.3 Å². The van der Waals surface area contributed by atoms with Crippen LogP contribution >= 0.6 is 0 Å². The van der Waals surface area contributed by atoms with Gasteiger partial charge in [0.05, 0.1) is 28.1 Å². The first-order valence-corrected chi connectivity index (χ1v) is 7.61. The molecule has 0 bridgehead atoms. The summed E-state index contributed by atoms with van der Waals surface area (Å²) in [6.45, 7) is 3.97. The molecule has 0 saturated carbocycles. The summed E-state index contributed by atoms with van der Waals surface area (Å²) in [4.78, 5) is 18.4. The van der Waals surface area contributed by atoms with Crippen LogP contribution in [0.2, 0.25) is 0 Å². The Bertz CT molecular complexity index is 858. The van der Waals surface area contributed by atoms with Crippen LogP contribution in [-0.2, 0) is 0 Å². The number of imidazole rings is 1. The third-order valence-corrected chi connectivity index (χ3v) is 3.84. The normalized spacial score (nSPS) is 12.5. The molecule has 0 aliphatic rings. The van der Waals surface area contributed by atoms with E-state index in [-0.39, 0.29) is 23.3 Å². The molecule has 1 aromatic heterocycles. The van der Waals surface area contributed by atoms with Gasteiger partial charge in [0.2, 0.25) is 0 Å². The van der Waals surface area contributed by atoms with Crippen molar-refractivity contribution in [1.82, 2.24) is 9.97 Å². The molecule has 2 N–H and O–H groups in total. The molecule has 0 amide bonds. The number of aromatic amines is 1. The van der Waals surface area contributed by atoms with E-state index in [0.717, 1.165) is 17.1 Å². The van der Waals surface area contributed by atoms with Crippen LogP contribution in [0.5, 0.6) is 0 Å². The third-order valence-electron chi connectivity index (χ3n) is 3.84. The number of aromatic nitrogens is 2. The Balaban J connectivity index is 1.99. The molecule has 3 aromatic rings. The Morgan fingerprint density at radius 3 is 2.67 bits per heavy atom. The minimum absolute atomic E-state index is 0.107. The second kappa shape index (κ2) is 6.27. The van der Waals surface area contributed by atoms with Crippen molar-refractivity contribution in [1.29, 1.82) is 0 Å². The van der Waals surface area contributed by atoms with Crippen LogP contribution in [0.4, 0.5) is 15.8 Å². The maximum atomic E-state index is 13.3. The second-order valence-electron chi connectivity index (χ2n) is 5.92. The Morgan fingerprint density at radius 2 is 2.00 bits per heavy atom. The fraction of sp³-hybridized carbons (Fsp3) is 0.235. The van der Waals surface area contributed by atoms with E-state index in [0.29, 0.717) is 5.82 Å². The maximum absolute atomic E-state index is 13.3. The number of hydrogen-bond acceptors (Lipinski definition) is 4. The SMILES string of the molecule is CC(C)[C@H](Nc1ccc(F)cc1[N+](=O)[O-])c1nc2ccccc2[nH]1. The first-order chi connectivity index (χ1) is 11.5. The van der Waals surface area contributed by atoms with Crippen molar-refractivity contribution in [2.24, 2.45) is 5.92 Å². The van der Waals surface area contributed by atoms with Gasteiger partial charge in [0.25, 0.3) is 5.69 Å². The monoisotopic (exact) mass is 328 g/mol. The summed E-state index contributed by atoms with van der Waals surface area (Å²) in [5.74, 6) is 0.150. The number of fused-ring (bicyclic) bond motifs is 1. The van der Waals surface area contributed by atoms with Crippen LogP contribution in [-0.4, -0.2) is 14.9 Å². The van der Waals surface area contributed by atoms with Crippen LogP contribution in [0.3, 0.4) is 0 Å². The lowest BCUT2D eigenvalue weighted by Gasteiger charge is -2.21. The number of benzene rings is 2. The highest BCUT2D eigenvalue weighted by Crippen LogP contribution is 2.32. The summed E-state index contributed by atoms with van der Waals surface area (Å²) in [6, 6.07) is 10.8. The van der Waals surface area contributed by atoms with E-state index in [1.165, 1.54) is 12.1 Å². The van der Waals surface area contributed by atoms with Gasteiger partial charge in [-0.1, -0.05) is 26.0 Å². The van der Waals surface area contributed by atoms with Gasteiger partial charge in [0.15, 0.2) is 0 Å². The minimum Gasteiger partial charge on any atom is -0.369 e. The van der Waals surface area contributed by atoms with Gasteiger partial charge in [-0.15, -0.1) is 0 Å². The molecule has 3 rings (SSSR count). The zero-order chi connectivity index (χ0) is 17.3. The number of nitro groups is 1. The topological polar surface area (TPSA) is 83.8 Å². The maximum Gasteiger partial charge on any atom is 0.295 e. The van der Waals surface area contributed by atoms with E-state index in [2.05, 4.69) is 15.3 Å². The predicted molar refractivity (Wildman–Crippen MR) is 90.3 cm³/mol. The zero-order valence-corrected chi connectivity index (χ0v) is 13.3. The zero-order valence-electron chi connectivity index (χ0n) is 13.3. The number of nitrogens with zero attached hydrogens (tertiary/aromatic N) is 2. The molecule has 6 nitrogen and oxygen atoms in total. The van der Waals surface area contributed by atoms with Crippen LogP contribution in [0, 0.1) is 21.8 Å². The number of para-hydroxylation sites is 2. The molecule has 7 heteroatoms. The largest absolute Gasteiger partial charge is 0.369 e. The summed E-state index contributed by atoms with van der Waals surface area (Å²) in [5, 5.41) is 14.3. The van der Waals surface area contributed by atoms with Crippen molar-refractivity contribution in [3.63, 3.8) is 0 Å². The van der Waals surface area contributed by atoms with Crippen molar-refractivity contribution in [2.45, 2.75) is 19.9 Å². The van der Waals surface area contributed by atoms with Crippen LogP contribution in [0.1, 0.15) is 25.7 Å². The van der Waals surface area contributed by atoms with Gasteiger partial charge in [-0.2, -0.15) is 0 Å². The molecule has 0 aliphatic carbocycles. The molecule has 1 atom stereocenters. The van der Waals surface area contributed by atoms with Gasteiger partial charge in [-0.05, 0) is 30.2 Å². The minimum atomic E-state index is -0.642. The average Bonchev–Trinajstić information content (AvgIpc) is 2.96. The van der Waals surface area contributed by atoms with Crippen LogP contribution in [0.15, 0.2) is 42.5 Å². The van der Waals surface area contributed by atoms with Crippen molar-refractivity contribution in [2.75, 3.05) is 5.32 Å². The van der Waals surface area contributed by atoms with E-state index in [4.69, 9.17) is 0 Å². The highest BCUT2D eigenvalue weighted by Gasteiger charge is 2.23. The molecule has 0 radical (unpaired) electrons. The number of anilines is 1. The first kappa shape index (κ1) is 15.9. The summed E-state index contributed by atoms with van der Waals surface area (Å²) in [6.07, 6.45) is 0. The third kappa shape index (κ3) is 3.05. The average molecular weight is 328 g/mol. The molecule has 0 fully saturated rings.